The first kappa shape index (κ1) is 15.9. The summed E-state index contributed by atoms with van der Waals surface area (Å²) in [4.78, 5) is 12.2. The van der Waals surface area contributed by atoms with Crippen LogP contribution in [-0.2, 0) is 0 Å². The number of ether oxygens (including phenoxy) is 1. The molecule has 0 fully saturated rings. The summed E-state index contributed by atoms with van der Waals surface area (Å²) < 4.78 is 5.70. The molecule has 0 saturated carbocycles. The van der Waals surface area contributed by atoms with Gasteiger partial charge in [-0.1, -0.05) is 24.3 Å². The molecular weight excluding hydrogens is 276 g/mol. The molecule has 2 aromatic carbocycles. The molecule has 0 bridgehead atoms. The van der Waals surface area contributed by atoms with Crippen LogP contribution < -0.4 is 15.4 Å². The molecule has 0 aliphatic rings. The summed E-state index contributed by atoms with van der Waals surface area (Å²) in [5, 5.41) is 5.71. The fourth-order valence-electron chi connectivity index (χ4n) is 2.07. The maximum Gasteiger partial charge on any atom is 0.323 e. The second-order valence-electron chi connectivity index (χ2n) is 5.56. The predicted molar refractivity (Wildman–Crippen MR) is 90.8 cm³/mol. The fraction of sp³-hybridized carbons (Fsp3) is 0.278. The molecule has 0 radical (unpaired) electrons. The standard InChI is InChI=1S/C18H22N2O2/c1-12(2)22-17-8-6-5-7-15(17)19-18(21)20-16-11-13(3)9-10-14(16)4/h5-12H,1-4H3,(H2,19,20,21). The van der Waals surface area contributed by atoms with E-state index in [9.17, 15) is 4.79 Å². The van der Waals surface area contributed by atoms with Crippen LogP contribution in [0.3, 0.4) is 0 Å². The van der Waals surface area contributed by atoms with E-state index in [0.717, 1.165) is 16.8 Å². The Morgan fingerprint density at radius 2 is 1.68 bits per heavy atom. The third kappa shape index (κ3) is 4.25. The molecule has 0 atom stereocenters. The van der Waals surface area contributed by atoms with Crippen LogP contribution >= 0.6 is 0 Å². The van der Waals surface area contributed by atoms with Crippen molar-refractivity contribution in [3.05, 3.63) is 53.6 Å². The van der Waals surface area contributed by atoms with Crippen LogP contribution in [0.2, 0.25) is 0 Å². The van der Waals surface area contributed by atoms with E-state index in [2.05, 4.69) is 10.6 Å². The van der Waals surface area contributed by atoms with Crippen molar-refractivity contribution in [1.29, 1.82) is 0 Å². The van der Waals surface area contributed by atoms with Gasteiger partial charge in [-0.3, -0.25) is 0 Å². The van der Waals surface area contributed by atoms with Crippen LogP contribution in [0, 0.1) is 13.8 Å². The summed E-state index contributed by atoms with van der Waals surface area (Å²) in [6, 6.07) is 13.1. The van der Waals surface area contributed by atoms with Gasteiger partial charge < -0.3 is 15.4 Å². The normalized spacial score (nSPS) is 10.4. The lowest BCUT2D eigenvalue weighted by Gasteiger charge is -2.15. The Morgan fingerprint density at radius 3 is 2.41 bits per heavy atom. The minimum atomic E-state index is -0.284. The largest absolute Gasteiger partial charge is 0.489 e. The summed E-state index contributed by atoms with van der Waals surface area (Å²) in [7, 11) is 0. The Balaban J connectivity index is 2.11. The van der Waals surface area contributed by atoms with Gasteiger partial charge in [-0.15, -0.1) is 0 Å². The number of rotatable bonds is 4. The molecule has 0 heterocycles. The Labute approximate surface area is 131 Å². The number of anilines is 2. The predicted octanol–water partition coefficient (Wildman–Crippen LogP) is 4.73. The first-order valence-corrected chi connectivity index (χ1v) is 7.36. The number of carbonyl (C=O) groups is 1. The molecule has 116 valence electrons. The molecule has 0 spiro atoms. The number of nitrogens with one attached hydrogen (secondary N) is 2. The molecule has 0 aromatic heterocycles. The Bertz CT molecular complexity index is 666. The van der Waals surface area contributed by atoms with E-state index in [-0.39, 0.29) is 12.1 Å². The molecule has 4 nitrogen and oxygen atoms in total. The van der Waals surface area contributed by atoms with Crippen molar-refractivity contribution in [3.63, 3.8) is 0 Å². The van der Waals surface area contributed by atoms with Gasteiger partial charge in [0.05, 0.1) is 11.8 Å². The van der Waals surface area contributed by atoms with Gasteiger partial charge in [0.1, 0.15) is 5.75 Å². The van der Waals surface area contributed by atoms with Crippen LogP contribution in [0.4, 0.5) is 16.2 Å². The summed E-state index contributed by atoms with van der Waals surface area (Å²) in [5.41, 5.74) is 3.58. The second-order valence-corrected chi connectivity index (χ2v) is 5.56. The molecule has 0 aliphatic heterocycles. The van der Waals surface area contributed by atoms with Crippen LogP contribution in [0.25, 0.3) is 0 Å². The van der Waals surface area contributed by atoms with Crippen molar-refractivity contribution in [2.24, 2.45) is 0 Å². The van der Waals surface area contributed by atoms with E-state index < -0.39 is 0 Å². The highest BCUT2D eigenvalue weighted by molar-refractivity contribution is 6.01. The highest BCUT2D eigenvalue weighted by atomic mass is 16.5. The van der Waals surface area contributed by atoms with Crippen molar-refractivity contribution in [2.45, 2.75) is 33.8 Å². The van der Waals surface area contributed by atoms with Gasteiger partial charge in [0.25, 0.3) is 0 Å². The van der Waals surface area contributed by atoms with Crippen molar-refractivity contribution in [2.75, 3.05) is 10.6 Å². The number of aryl methyl sites for hydroxylation is 2. The minimum Gasteiger partial charge on any atom is -0.489 e. The monoisotopic (exact) mass is 298 g/mol. The van der Waals surface area contributed by atoms with Gasteiger partial charge in [-0.05, 0) is 57.0 Å². The molecule has 2 aromatic rings. The summed E-state index contributed by atoms with van der Waals surface area (Å²) in [6.45, 7) is 7.86. The third-order valence-electron chi connectivity index (χ3n) is 3.14. The Morgan fingerprint density at radius 1 is 1.00 bits per heavy atom. The van der Waals surface area contributed by atoms with Gasteiger partial charge in [-0.2, -0.15) is 0 Å². The smallest absolute Gasteiger partial charge is 0.323 e. The highest BCUT2D eigenvalue weighted by Crippen LogP contribution is 2.25. The fourth-order valence-corrected chi connectivity index (χ4v) is 2.07. The first-order chi connectivity index (χ1) is 10.5. The number of benzene rings is 2. The van der Waals surface area contributed by atoms with E-state index in [1.165, 1.54) is 0 Å². The number of hydrogen-bond donors (Lipinski definition) is 2. The van der Waals surface area contributed by atoms with Crippen molar-refractivity contribution < 1.29 is 9.53 Å². The Kier molecular flexibility index (Phi) is 5.04. The number of hydrogen-bond acceptors (Lipinski definition) is 2. The zero-order chi connectivity index (χ0) is 16.1. The maximum atomic E-state index is 12.2. The van der Waals surface area contributed by atoms with E-state index in [1.807, 2.05) is 70.2 Å². The third-order valence-corrected chi connectivity index (χ3v) is 3.14. The molecule has 2 N–H and O–H groups in total. The molecule has 22 heavy (non-hydrogen) atoms. The molecule has 2 amide bonds. The summed E-state index contributed by atoms with van der Waals surface area (Å²) >= 11 is 0. The minimum absolute atomic E-state index is 0.0463. The molecule has 0 saturated heterocycles. The SMILES string of the molecule is Cc1ccc(C)c(NC(=O)Nc2ccccc2OC(C)C)c1. The molecule has 0 aliphatic carbocycles. The van der Waals surface area contributed by atoms with Gasteiger partial charge in [0, 0.05) is 5.69 Å². The van der Waals surface area contributed by atoms with Crippen molar-refractivity contribution >= 4 is 17.4 Å². The average Bonchev–Trinajstić information content (AvgIpc) is 2.44. The number of para-hydroxylation sites is 2. The number of amides is 2. The van der Waals surface area contributed by atoms with Crippen molar-refractivity contribution in [1.82, 2.24) is 0 Å². The maximum absolute atomic E-state index is 12.2. The van der Waals surface area contributed by atoms with Crippen LogP contribution in [0.1, 0.15) is 25.0 Å². The lowest BCUT2D eigenvalue weighted by Crippen LogP contribution is -2.21. The van der Waals surface area contributed by atoms with Gasteiger partial charge >= 0.3 is 6.03 Å². The molecule has 2 rings (SSSR count). The quantitative estimate of drug-likeness (QED) is 0.857. The van der Waals surface area contributed by atoms with Crippen LogP contribution in [0.5, 0.6) is 5.75 Å². The van der Waals surface area contributed by atoms with Crippen LogP contribution in [-0.4, -0.2) is 12.1 Å². The van der Waals surface area contributed by atoms with Gasteiger partial charge in [0.2, 0.25) is 0 Å². The van der Waals surface area contributed by atoms with Gasteiger partial charge in [-0.25, -0.2) is 4.79 Å². The van der Waals surface area contributed by atoms with E-state index in [1.54, 1.807) is 0 Å². The van der Waals surface area contributed by atoms with E-state index in [4.69, 9.17) is 4.74 Å². The second kappa shape index (κ2) is 6.98. The number of carbonyl (C=O) groups excluding carboxylic acids is 1. The lowest BCUT2D eigenvalue weighted by atomic mass is 10.1. The zero-order valence-electron chi connectivity index (χ0n) is 13.4. The topological polar surface area (TPSA) is 50.4 Å². The molecule has 0 unspecified atom stereocenters. The summed E-state index contributed by atoms with van der Waals surface area (Å²) in [6.07, 6.45) is 0.0463. The van der Waals surface area contributed by atoms with E-state index in [0.29, 0.717) is 11.4 Å². The zero-order valence-corrected chi connectivity index (χ0v) is 13.4. The highest BCUT2D eigenvalue weighted by Gasteiger charge is 2.09. The van der Waals surface area contributed by atoms with Crippen molar-refractivity contribution in [3.8, 4) is 5.75 Å². The first-order valence-electron chi connectivity index (χ1n) is 7.36. The van der Waals surface area contributed by atoms with E-state index >= 15 is 0 Å². The summed E-state index contributed by atoms with van der Waals surface area (Å²) in [5.74, 6) is 0.661. The Hall–Kier alpha value is -2.49. The number of urea groups is 1. The molecule has 4 heteroatoms. The van der Waals surface area contributed by atoms with Gasteiger partial charge in [0.15, 0.2) is 0 Å². The average molecular weight is 298 g/mol. The lowest BCUT2D eigenvalue weighted by molar-refractivity contribution is 0.243. The molecular formula is C18H22N2O2. The van der Waals surface area contributed by atoms with Crippen LogP contribution in [0.15, 0.2) is 42.5 Å².